The lowest BCUT2D eigenvalue weighted by atomic mass is 10.0. The Kier molecular flexibility index (Phi) is 5.23. The fourth-order valence-electron chi connectivity index (χ4n) is 1.52. The molecule has 0 aliphatic carbocycles. The van der Waals surface area contributed by atoms with Crippen LogP contribution in [0.5, 0.6) is 0 Å². The highest BCUT2D eigenvalue weighted by atomic mass is 32.2. The molecule has 0 radical (unpaired) electrons. The molecule has 0 aromatic carbocycles. The van der Waals surface area contributed by atoms with Gasteiger partial charge >= 0.3 is 0 Å². The molecule has 0 aliphatic rings. The molecule has 0 bridgehead atoms. The monoisotopic (exact) mass is 236 g/mol. The molecule has 0 aliphatic heterocycles. The molecule has 0 aromatic rings. The summed E-state index contributed by atoms with van der Waals surface area (Å²) in [4.78, 5) is 0. The highest BCUT2D eigenvalue weighted by Gasteiger charge is 2.23. The predicted molar refractivity (Wildman–Crippen MR) is 64.1 cm³/mol. The van der Waals surface area contributed by atoms with Crippen LogP contribution in [-0.4, -0.2) is 26.3 Å². The highest BCUT2D eigenvalue weighted by Crippen LogP contribution is 2.15. The van der Waals surface area contributed by atoms with Crippen molar-refractivity contribution in [3.63, 3.8) is 0 Å². The summed E-state index contributed by atoms with van der Waals surface area (Å²) in [6.07, 6.45) is 0.656. The number of hydrogen-bond acceptors (Lipinski definition) is 3. The van der Waals surface area contributed by atoms with E-state index in [4.69, 9.17) is 5.73 Å². The van der Waals surface area contributed by atoms with Crippen LogP contribution < -0.4 is 10.5 Å². The molecule has 15 heavy (non-hydrogen) atoms. The van der Waals surface area contributed by atoms with Gasteiger partial charge in [-0.15, -0.1) is 0 Å². The van der Waals surface area contributed by atoms with Crippen LogP contribution in [0.3, 0.4) is 0 Å². The zero-order valence-corrected chi connectivity index (χ0v) is 11.2. The summed E-state index contributed by atoms with van der Waals surface area (Å²) in [6.45, 7) is 9.42. The molecule has 0 rings (SSSR count). The fourth-order valence-corrected chi connectivity index (χ4v) is 3.46. The summed E-state index contributed by atoms with van der Waals surface area (Å²) in [6, 6.07) is -0.0883. The summed E-state index contributed by atoms with van der Waals surface area (Å²) >= 11 is 0. The Morgan fingerprint density at radius 1 is 1.27 bits per heavy atom. The second kappa shape index (κ2) is 5.27. The van der Waals surface area contributed by atoms with E-state index in [1.165, 1.54) is 0 Å². The SMILES string of the molecule is CC(N)CC(C)NS(=O)(=O)CC(C)(C)C. The average Bonchev–Trinajstić information content (AvgIpc) is 1.73. The van der Waals surface area contributed by atoms with Crippen LogP contribution in [0.25, 0.3) is 0 Å². The van der Waals surface area contributed by atoms with Gasteiger partial charge in [0, 0.05) is 12.1 Å². The molecule has 0 heterocycles. The van der Waals surface area contributed by atoms with Crippen LogP contribution in [0, 0.1) is 5.41 Å². The minimum atomic E-state index is -3.19. The van der Waals surface area contributed by atoms with Crippen molar-refractivity contribution in [2.45, 2.75) is 53.1 Å². The van der Waals surface area contributed by atoms with E-state index in [1.807, 2.05) is 34.6 Å². The number of nitrogens with two attached hydrogens (primary N) is 1. The minimum absolute atomic E-state index is 0.0114. The van der Waals surface area contributed by atoms with Gasteiger partial charge in [-0.25, -0.2) is 13.1 Å². The minimum Gasteiger partial charge on any atom is -0.328 e. The van der Waals surface area contributed by atoms with Crippen molar-refractivity contribution in [1.29, 1.82) is 0 Å². The predicted octanol–water partition coefficient (Wildman–Crippen LogP) is 1.08. The van der Waals surface area contributed by atoms with E-state index in [-0.39, 0.29) is 23.3 Å². The van der Waals surface area contributed by atoms with Gasteiger partial charge in [-0.05, 0) is 25.7 Å². The highest BCUT2D eigenvalue weighted by molar-refractivity contribution is 7.89. The van der Waals surface area contributed by atoms with Crippen LogP contribution in [0.4, 0.5) is 0 Å². The summed E-state index contributed by atoms with van der Waals surface area (Å²) < 4.78 is 26.0. The van der Waals surface area contributed by atoms with Crippen molar-refractivity contribution < 1.29 is 8.42 Å². The van der Waals surface area contributed by atoms with Gasteiger partial charge < -0.3 is 5.73 Å². The maximum Gasteiger partial charge on any atom is 0.212 e. The van der Waals surface area contributed by atoms with Gasteiger partial charge in [-0.3, -0.25) is 0 Å². The van der Waals surface area contributed by atoms with Crippen LogP contribution in [0.15, 0.2) is 0 Å². The number of nitrogens with one attached hydrogen (secondary N) is 1. The van der Waals surface area contributed by atoms with Crippen LogP contribution in [0.2, 0.25) is 0 Å². The molecule has 92 valence electrons. The third-order valence-electron chi connectivity index (χ3n) is 1.73. The largest absolute Gasteiger partial charge is 0.328 e. The zero-order valence-electron chi connectivity index (χ0n) is 10.4. The Bertz CT molecular complexity index is 278. The van der Waals surface area contributed by atoms with Crippen LogP contribution in [-0.2, 0) is 10.0 Å². The second-order valence-electron chi connectivity index (χ2n) is 5.55. The van der Waals surface area contributed by atoms with Gasteiger partial charge in [-0.2, -0.15) is 0 Å². The first kappa shape index (κ1) is 14.9. The summed E-state index contributed by atoms with van der Waals surface area (Å²) in [5, 5.41) is 0. The van der Waals surface area contributed by atoms with E-state index in [0.717, 1.165) is 0 Å². The molecule has 0 saturated carbocycles. The van der Waals surface area contributed by atoms with Crippen LogP contribution in [0.1, 0.15) is 41.0 Å². The van der Waals surface area contributed by atoms with Gasteiger partial charge in [0.1, 0.15) is 0 Å². The molecule has 0 amide bonds. The lowest BCUT2D eigenvalue weighted by Gasteiger charge is -2.21. The molecular weight excluding hydrogens is 212 g/mol. The molecule has 3 N–H and O–H groups in total. The Balaban J connectivity index is 4.27. The quantitative estimate of drug-likeness (QED) is 0.750. The maximum absolute atomic E-state index is 11.7. The Morgan fingerprint density at radius 2 is 1.73 bits per heavy atom. The molecule has 0 saturated heterocycles. The maximum atomic E-state index is 11.7. The van der Waals surface area contributed by atoms with Crippen molar-refractivity contribution in [2.75, 3.05) is 5.75 Å². The first-order chi connectivity index (χ1) is 6.52. The lowest BCUT2D eigenvalue weighted by Crippen LogP contribution is -2.40. The lowest BCUT2D eigenvalue weighted by molar-refractivity contribution is 0.450. The van der Waals surface area contributed by atoms with E-state index < -0.39 is 10.0 Å². The van der Waals surface area contributed by atoms with Crippen molar-refractivity contribution in [3.05, 3.63) is 0 Å². The third-order valence-corrected chi connectivity index (χ3v) is 3.74. The Hall–Kier alpha value is -0.130. The number of rotatable bonds is 5. The molecule has 0 aromatic heterocycles. The van der Waals surface area contributed by atoms with Gasteiger partial charge in [0.25, 0.3) is 0 Å². The standard InChI is InChI=1S/C10H24N2O2S/c1-8(11)6-9(2)12-15(13,14)7-10(3,4)5/h8-9,12H,6-7,11H2,1-5H3. The van der Waals surface area contributed by atoms with Crippen molar-refractivity contribution in [2.24, 2.45) is 11.1 Å². The van der Waals surface area contributed by atoms with Gasteiger partial charge in [0.05, 0.1) is 5.75 Å². The summed E-state index contributed by atoms with van der Waals surface area (Å²) in [5.41, 5.74) is 5.38. The molecule has 0 fully saturated rings. The number of sulfonamides is 1. The number of hydrogen-bond donors (Lipinski definition) is 2. The summed E-state index contributed by atoms with van der Waals surface area (Å²) in [5.74, 6) is 0.142. The van der Waals surface area contributed by atoms with Crippen LogP contribution >= 0.6 is 0 Å². The van der Waals surface area contributed by atoms with Gasteiger partial charge in [-0.1, -0.05) is 20.8 Å². The third kappa shape index (κ3) is 8.84. The first-order valence-corrected chi connectivity index (χ1v) is 6.93. The molecule has 5 heteroatoms. The zero-order chi connectivity index (χ0) is 12.3. The fraction of sp³-hybridized carbons (Fsp3) is 1.00. The Morgan fingerprint density at radius 3 is 2.07 bits per heavy atom. The smallest absolute Gasteiger partial charge is 0.212 e. The van der Waals surface area contributed by atoms with Gasteiger partial charge in [0.2, 0.25) is 10.0 Å². The van der Waals surface area contributed by atoms with Gasteiger partial charge in [0.15, 0.2) is 0 Å². The molecule has 4 nitrogen and oxygen atoms in total. The van der Waals surface area contributed by atoms with Crippen molar-refractivity contribution in [3.8, 4) is 0 Å². The van der Waals surface area contributed by atoms with E-state index in [1.54, 1.807) is 0 Å². The van der Waals surface area contributed by atoms with Crippen molar-refractivity contribution >= 4 is 10.0 Å². The average molecular weight is 236 g/mol. The van der Waals surface area contributed by atoms with E-state index in [0.29, 0.717) is 6.42 Å². The molecule has 0 spiro atoms. The van der Waals surface area contributed by atoms with E-state index in [2.05, 4.69) is 4.72 Å². The Labute approximate surface area is 93.7 Å². The molecule has 2 unspecified atom stereocenters. The van der Waals surface area contributed by atoms with E-state index in [9.17, 15) is 8.42 Å². The topological polar surface area (TPSA) is 72.2 Å². The van der Waals surface area contributed by atoms with Crippen molar-refractivity contribution in [1.82, 2.24) is 4.72 Å². The second-order valence-corrected chi connectivity index (χ2v) is 7.31. The normalized spacial score (nSPS) is 17.5. The first-order valence-electron chi connectivity index (χ1n) is 5.27. The summed E-state index contributed by atoms with van der Waals surface area (Å²) in [7, 11) is -3.19. The molecular formula is C10H24N2O2S. The molecule has 2 atom stereocenters. The van der Waals surface area contributed by atoms with E-state index >= 15 is 0 Å².